The number of alkyl halides is 3. The Balaban J connectivity index is 2.10. The minimum Gasteiger partial charge on any atom is -0.325 e. The van der Waals surface area contributed by atoms with Crippen LogP contribution in [0.3, 0.4) is 0 Å². The van der Waals surface area contributed by atoms with Crippen LogP contribution in [-0.2, 0) is 23.1 Å². The fourth-order valence-corrected chi connectivity index (χ4v) is 2.92. The molecule has 0 N–H and O–H groups in total. The Morgan fingerprint density at radius 1 is 1.28 bits per heavy atom. The average Bonchev–Trinajstić information content (AvgIpc) is 2.91. The molecule has 10 heteroatoms. The maximum absolute atomic E-state index is 12.5. The van der Waals surface area contributed by atoms with Crippen molar-refractivity contribution < 1.29 is 21.6 Å². The van der Waals surface area contributed by atoms with Crippen molar-refractivity contribution in [1.29, 1.82) is 0 Å². The third kappa shape index (κ3) is 5.87. The van der Waals surface area contributed by atoms with Gasteiger partial charge in [0.2, 0.25) is 10.0 Å². The lowest BCUT2D eigenvalue weighted by Crippen LogP contribution is -2.27. The van der Waals surface area contributed by atoms with Crippen molar-refractivity contribution in [1.82, 2.24) is 13.9 Å². The zero-order chi connectivity index (χ0) is 18.7. The van der Waals surface area contributed by atoms with E-state index in [1.807, 2.05) is 0 Å². The number of nitrogens with zero attached hydrogens (tertiary/aromatic N) is 3. The van der Waals surface area contributed by atoms with E-state index >= 15 is 0 Å². The first kappa shape index (κ1) is 19.5. The monoisotopic (exact) mass is 393 g/mol. The fourth-order valence-electron chi connectivity index (χ4n) is 1.96. The van der Waals surface area contributed by atoms with Crippen LogP contribution in [0.2, 0.25) is 5.02 Å². The summed E-state index contributed by atoms with van der Waals surface area (Å²) in [6.45, 7) is -1.51. The quantitative estimate of drug-likeness (QED) is 0.754. The first-order chi connectivity index (χ1) is 11.6. The van der Waals surface area contributed by atoms with Crippen LogP contribution < -0.4 is 0 Å². The highest BCUT2D eigenvalue weighted by molar-refractivity contribution is 7.92. The maximum atomic E-state index is 12.5. The van der Waals surface area contributed by atoms with Crippen LogP contribution in [-0.4, -0.2) is 35.5 Å². The first-order valence-electron chi connectivity index (χ1n) is 7.03. The van der Waals surface area contributed by atoms with E-state index in [2.05, 4.69) is 4.98 Å². The number of rotatable bonds is 6. The van der Waals surface area contributed by atoms with Crippen LogP contribution in [0.5, 0.6) is 0 Å². The Labute approximate surface area is 148 Å². The van der Waals surface area contributed by atoms with Gasteiger partial charge in [-0.05, 0) is 23.8 Å². The van der Waals surface area contributed by atoms with E-state index < -0.39 is 22.7 Å². The highest BCUT2D eigenvalue weighted by Gasteiger charge is 2.29. The summed E-state index contributed by atoms with van der Waals surface area (Å²) in [7, 11) is -2.55. The summed E-state index contributed by atoms with van der Waals surface area (Å²) >= 11 is 5.75. The summed E-state index contributed by atoms with van der Waals surface area (Å²) in [4.78, 5) is 3.80. The molecule has 1 aromatic heterocycles. The molecule has 0 spiro atoms. The van der Waals surface area contributed by atoms with Crippen molar-refractivity contribution in [3.05, 3.63) is 58.5 Å². The zero-order valence-corrected chi connectivity index (χ0v) is 14.7. The Morgan fingerprint density at radius 3 is 2.52 bits per heavy atom. The molecule has 2 aromatic rings. The number of halogens is 4. The van der Waals surface area contributed by atoms with E-state index in [4.69, 9.17) is 11.6 Å². The molecule has 0 aliphatic heterocycles. The molecule has 1 heterocycles. The molecule has 1 aromatic carbocycles. The number of benzene rings is 1. The van der Waals surface area contributed by atoms with Gasteiger partial charge >= 0.3 is 6.18 Å². The van der Waals surface area contributed by atoms with Crippen LogP contribution in [0.15, 0.2) is 42.1 Å². The molecule has 5 nitrogen and oxygen atoms in total. The Morgan fingerprint density at radius 2 is 1.92 bits per heavy atom. The Hall–Kier alpha value is -1.84. The smallest absolute Gasteiger partial charge is 0.325 e. The summed E-state index contributed by atoms with van der Waals surface area (Å²) in [5.74, 6) is 0.00305. The second-order valence-electron chi connectivity index (χ2n) is 5.24. The number of sulfonamides is 1. The fraction of sp³-hybridized carbons (Fsp3) is 0.267. The molecule has 136 valence electrons. The third-order valence-corrected chi connectivity index (χ3v) is 4.98. The SMILES string of the molecule is CN(Cc1nccn1CC(F)(F)F)S(=O)(=O)/C=C/c1ccc(Cl)cc1. The van der Waals surface area contributed by atoms with Gasteiger partial charge < -0.3 is 4.57 Å². The summed E-state index contributed by atoms with van der Waals surface area (Å²) in [5, 5.41) is 1.50. The van der Waals surface area contributed by atoms with Crippen LogP contribution in [0.1, 0.15) is 11.4 Å². The van der Waals surface area contributed by atoms with Crippen molar-refractivity contribution in [2.24, 2.45) is 0 Å². The first-order valence-corrected chi connectivity index (χ1v) is 8.92. The summed E-state index contributed by atoms with van der Waals surface area (Å²) in [6, 6.07) is 6.52. The molecular weight excluding hydrogens is 379 g/mol. The largest absolute Gasteiger partial charge is 0.406 e. The van der Waals surface area contributed by atoms with Crippen LogP contribution >= 0.6 is 11.6 Å². The lowest BCUT2D eigenvalue weighted by Gasteiger charge is -2.16. The molecule has 0 radical (unpaired) electrons. The molecule has 0 saturated heterocycles. The molecule has 0 saturated carbocycles. The third-order valence-electron chi connectivity index (χ3n) is 3.25. The van der Waals surface area contributed by atoms with Crippen molar-refractivity contribution in [2.45, 2.75) is 19.3 Å². The zero-order valence-electron chi connectivity index (χ0n) is 13.1. The second-order valence-corrected chi connectivity index (χ2v) is 7.60. The Kier molecular flexibility index (Phi) is 5.91. The second kappa shape index (κ2) is 7.59. The van der Waals surface area contributed by atoms with E-state index in [9.17, 15) is 21.6 Å². The van der Waals surface area contributed by atoms with Gasteiger partial charge in [0, 0.05) is 29.9 Å². The molecule has 25 heavy (non-hydrogen) atoms. The van der Waals surface area contributed by atoms with Crippen molar-refractivity contribution in [2.75, 3.05) is 7.05 Å². The van der Waals surface area contributed by atoms with Gasteiger partial charge in [-0.15, -0.1) is 0 Å². The van der Waals surface area contributed by atoms with E-state index in [1.54, 1.807) is 24.3 Å². The normalized spacial score (nSPS) is 13.0. The number of hydrogen-bond acceptors (Lipinski definition) is 3. The van der Waals surface area contributed by atoms with Crippen molar-refractivity contribution >= 4 is 27.7 Å². The molecule has 0 atom stereocenters. The predicted molar refractivity (Wildman–Crippen MR) is 89.2 cm³/mol. The van der Waals surface area contributed by atoms with Gasteiger partial charge in [-0.1, -0.05) is 23.7 Å². The number of imidazole rings is 1. The molecule has 0 bridgehead atoms. The number of aromatic nitrogens is 2. The average molecular weight is 394 g/mol. The Bertz CT molecular complexity index is 846. The highest BCUT2D eigenvalue weighted by atomic mass is 35.5. The maximum Gasteiger partial charge on any atom is 0.406 e. The van der Waals surface area contributed by atoms with Crippen molar-refractivity contribution in [3.63, 3.8) is 0 Å². The molecule has 2 rings (SSSR count). The molecule has 0 unspecified atom stereocenters. The molecule has 0 aliphatic carbocycles. The summed E-state index contributed by atoms with van der Waals surface area (Å²) in [6.07, 6.45) is -0.677. The summed E-state index contributed by atoms with van der Waals surface area (Å²) in [5.41, 5.74) is 0.625. The van der Waals surface area contributed by atoms with E-state index in [1.165, 1.54) is 19.3 Å². The van der Waals surface area contributed by atoms with Gasteiger partial charge in [0.05, 0.1) is 6.54 Å². The highest BCUT2D eigenvalue weighted by Crippen LogP contribution is 2.19. The van der Waals surface area contributed by atoms with Gasteiger partial charge in [0.1, 0.15) is 12.4 Å². The van der Waals surface area contributed by atoms with Crippen LogP contribution in [0.25, 0.3) is 6.08 Å². The van der Waals surface area contributed by atoms with Crippen molar-refractivity contribution in [3.8, 4) is 0 Å². The lowest BCUT2D eigenvalue weighted by atomic mass is 10.2. The topological polar surface area (TPSA) is 55.2 Å². The standard InChI is InChI=1S/C15H15ClF3N3O2S/c1-21(10-14-20-7-8-22(14)11-15(17,18)19)25(23,24)9-6-12-2-4-13(16)5-3-12/h2-9H,10-11H2,1H3/b9-6+. The van der Waals surface area contributed by atoms with Crippen LogP contribution in [0.4, 0.5) is 13.2 Å². The van der Waals surface area contributed by atoms with Gasteiger partial charge in [-0.25, -0.2) is 13.4 Å². The minimum absolute atomic E-state index is 0.00305. The van der Waals surface area contributed by atoms with Gasteiger partial charge in [0.15, 0.2) is 0 Å². The minimum atomic E-state index is -4.42. The summed E-state index contributed by atoms with van der Waals surface area (Å²) < 4.78 is 63.8. The molecular formula is C15H15ClF3N3O2S. The van der Waals surface area contributed by atoms with Gasteiger partial charge in [-0.2, -0.15) is 17.5 Å². The van der Waals surface area contributed by atoms with E-state index in [-0.39, 0.29) is 12.4 Å². The van der Waals surface area contributed by atoms with Crippen LogP contribution in [0, 0.1) is 0 Å². The van der Waals surface area contributed by atoms with E-state index in [0.29, 0.717) is 10.6 Å². The lowest BCUT2D eigenvalue weighted by molar-refractivity contribution is -0.141. The predicted octanol–water partition coefficient (Wildman–Crippen LogP) is 3.53. The molecule has 0 fully saturated rings. The number of hydrogen-bond donors (Lipinski definition) is 0. The van der Waals surface area contributed by atoms with E-state index in [0.717, 1.165) is 20.5 Å². The van der Waals surface area contributed by atoms with Gasteiger partial charge in [-0.3, -0.25) is 0 Å². The van der Waals surface area contributed by atoms with Gasteiger partial charge in [0.25, 0.3) is 0 Å². The molecule has 0 aliphatic rings. The molecule has 0 amide bonds.